The Balaban J connectivity index is 0.00000300. The average Bonchev–Trinajstić information content (AvgIpc) is 3.22. The number of halogens is 1. The van der Waals surface area contributed by atoms with Gasteiger partial charge in [-0.3, -0.25) is 4.99 Å². The van der Waals surface area contributed by atoms with E-state index in [0.29, 0.717) is 23.8 Å². The zero-order valence-corrected chi connectivity index (χ0v) is 20.0. The molecule has 1 heterocycles. The van der Waals surface area contributed by atoms with E-state index in [1.165, 1.54) is 5.56 Å². The molecule has 1 atom stereocenters. The van der Waals surface area contributed by atoms with Crippen LogP contribution in [-0.4, -0.2) is 51.2 Å². The van der Waals surface area contributed by atoms with Gasteiger partial charge >= 0.3 is 0 Å². The van der Waals surface area contributed by atoms with Gasteiger partial charge in [-0.25, -0.2) is 8.42 Å². The van der Waals surface area contributed by atoms with Gasteiger partial charge in [0.2, 0.25) is 0 Å². The Hall–Kier alpha value is -1.61. The first-order valence-corrected chi connectivity index (χ1v) is 11.6. The first-order valence-electron chi connectivity index (χ1n) is 9.96. The maximum absolute atomic E-state index is 12.4. The lowest BCUT2D eigenvalue weighted by Crippen LogP contribution is -2.40. The van der Waals surface area contributed by atoms with Crippen LogP contribution in [-0.2, 0) is 9.84 Å². The summed E-state index contributed by atoms with van der Waals surface area (Å²) in [5, 5.41) is 3.35. The highest BCUT2D eigenvalue weighted by molar-refractivity contribution is 14.0. The van der Waals surface area contributed by atoms with Crippen molar-refractivity contribution >= 4 is 39.8 Å². The fourth-order valence-electron chi connectivity index (χ4n) is 3.56. The first-order chi connectivity index (χ1) is 13.6. The number of guanidine groups is 1. The maximum Gasteiger partial charge on any atom is 0.193 e. The number of hydrogen-bond acceptors (Lipinski definition) is 3. The molecule has 1 N–H and O–H groups in total. The van der Waals surface area contributed by atoms with E-state index in [1.807, 2.05) is 12.1 Å². The quantitative estimate of drug-likeness (QED) is 0.257. The molecule has 1 fully saturated rings. The van der Waals surface area contributed by atoms with Gasteiger partial charge in [-0.15, -0.1) is 24.0 Å². The topological polar surface area (TPSA) is 61.8 Å². The summed E-state index contributed by atoms with van der Waals surface area (Å²) in [6, 6.07) is 19.2. The van der Waals surface area contributed by atoms with Crippen LogP contribution >= 0.6 is 24.0 Å². The third-order valence-corrected chi connectivity index (χ3v) is 6.85. The van der Waals surface area contributed by atoms with Gasteiger partial charge in [-0.2, -0.15) is 0 Å². The summed E-state index contributed by atoms with van der Waals surface area (Å²) in [5.41, 5.74) is 1.37. The lowest BCUT2D eigenvalue weighted by molar-refractivity contribution is 0.486. The minimum atomic E-state index is -3.24. The Morgan fingerprint density at radius 3 is 2.41 bits per heavy atom. The third kappa shape index (κ3) is 6.70. The monoisotopic (exact) mass is 527 g/mol. The second kappa shape index (κ2) is 11.5. The summed E-state index contributed by atoms with van der Waals surface area (Å²) in [4.78, 5) is 7.36. The van der Waals surface area contributed by atoms with Gasteiger partial charge in [0.15, 0.2) is 15.8 Å². The van der Waals surface area contributed by atoms with E-state index in [-0.39, 0.29) is 29.7 Å². The molecule has 0 amide bonds. The minimum Gasteiger partial charge on any atom is -0.357 e. The molecule has 1 aliphatic heterocycles. The van der Waals surface area contributed by atoms with Gasteiger partial charge in [0, 0.05) is 32.1 Å². The molecule has 2 aromatic rings. The van der Waals surface area contributed by atoms with Crippen molar-refractivity contribution in [3.63, 3.8) is 0 Å². The second-order valence-electron chi connectivity index (χ2n) is 7.06. The van der Waals surface area contributed by atoms with Crippen molar-refractivity contribution in [2.45, 2.75) is 30.6 Å². The molecular formula is C22H30IN3O2S. The summed E-state index contributed by atoms with van der Waals surface area (Å²) in [7, 11) is -3.24. The molecule has 158 valence electrons. The molecule has 29 heavy (non-hydrogen) atoms. The zero-order chi connectivity index (χ0) is 19.8. The normalized spacial score (nSPS) is 17.1. The lowest BCUT2D eigenvalue weighted by Gasteiger charge is -2.21. The van der Waals surface area contributed by atoms with Gasteiger partial charge in [0.05, 0.1) is 10.6 Å². The first kappa shape index (κ1) is 23.7. The maximum atomic E-state index is 12.4. The molecule has 1 saturated heterocycles. The largest absolute Gasteiger partial charge is 0.357 e. The zero-order valence-electron chi connectivity index (χ0n) is 16.8. The van der Waals surface area contributed by atoms with Crippen molar-refractivity contribution in [3.8, 4) is 0 Å². The summed E-state index contributed by atoms with van der Waals surface area (Å²) in [6.07, 6.45) is 1.62. The lowest BCUT2D eigenvalue weighted by atomic mass is 9.99. The van der Waals surface area contributed by atoms with Crippen molar-refractivity contribution in [3.05, 3.63) is 66.2 Å². The number of likely N-dealkylation sites (tertiary alicyclic amines) is 1. The van der Waals surface area contributed by atoms with Crippen molar-refractivity contribution in [1.29, 1.82) is 0 Å². The van der Waals surface area contributed by atoms with Crippen molar-refractivity contribution in [2.24, 2.45) is 4.99 Å². The number of hydrogen-bond donors (Lipinski definition) is 1. The number of benzene rings is 2. The fraction of sp³-hybridized carbons (Fsp3) is 0.409. The van der Waals surface area contributed by atoms with Gasteiger partial charge in [-0.1, -0.05) is 48.5 Å². The highest BCUT2D eigenvalue weighted by atomic mass is 127. The number of sulfone groups is 1. The molecule has 0 radical (unpaired) electrons. The Morgan fingerprint density at radius 2 is 1.76 bits per heavy atom. The van der Waals surface area contributed by atoms with Crippen LogP contribution in [0.5, 0.6) is 0 Å². The summed E-state index contributed by atoms with van der Waals surface area (Å²) in [6.45, 7) is 5.26. The fourth-order valence-corrected chi connectivity index (χ4v) is 4.88. The molecule has 3 rings (SSSR count). The summed E-state index contributed by atoms with van der Waals surface area (Å²) < 4.78 is 24.8. The van der Waals surface area contributed by atoms with Crippen LogP contribution in [0.3, 0.4) is 0 Å². The highest BCUT2D eigenvalue weighted by Gasteiger charge is 2.25. The van der Waals surface area contributed by atoms with Crippen LogP contribution in [0, 0.1) is 0 Å². The minimum absolute atomic E-state index is 0. The third-order valence-electron chi connectivity index (χ3n) is 5.03. The molecule has 0 aliphatic carbocycles. The number of rotatable bonds is 7. The van der Waals surface area contributed by atoms with Crippen LogP contribution in [0.15, 0.2) is 70.6 Å². The van der Waals surface area contributed by atoms with E-state index >= 15 is 0 Å². The van der Waals surface area contributed by atoms with E-state index in [9.17, 15) is 8.42 Å². The molecule has 7 heteroatoms. The predicted octanol–water partition coefficient (Wildman–Crippen LogP) is 3.92. The predicted molar refractivity (Wildman–Crippen MR) is 130 cm³/mol. The van der Waals surface area contributed by atoms with E-state index in [1.54, 1.807) is 24.3 Å². The van der Waals surface area contributed by atoms with Crippen LogP contribution in [0.2, 0.25) is 0 Å². The van der Waals surface area contributed by atoms with Crippen LogP contribution in [0.4, 0.5) is 0 Å². The molecule has 0 saturated carbocycles. The van der Waals surface area contributed by atoms with Gasteiger partial charge in [0.25, 0.3) is 0 Å². The Kier molecular flexibility index (Phi) is 9.42. The van der Waals surface area contributed by atoms with Crippen molar-refractivity contribution < 1.29 is 8.42 Å². The molecular weight excluding hydrogens is 497 g/mol. The van der Waals surface area contributed by atoms with E-state index in [4.69, 9.17) is 0 Å². The number of nitrogens with zero attached hydrogens (tertiary/aromatic N) is 2. The summed E-state index contributed by atoms with van der Waals surface area (Å²) in [5.74, 6) is 1.52. The highest BCUT2D eigenvalue weighted by Crippen LogP contribution is 2.26. The summed E-state index contributed by atoms with van der Waals surface area (Å²) >= 11 is 0. The second-order valence-corrected chi connectivity index (χ2v) is 9.17. The smallest absolute Gasteiger partial charge is 0.193 e. The van der Waals surface area contributed by atoms with Gasteiger partial charge in [0.1, 0.15) is 0 Å². The van der Waals surface area contributed by atoms with E-state index in [2.05, 4.69) is 46.4 Å². The van der Waals surface area contributed by atoms with Crippen molar-refractivity contribution in [1.82, 2.24) is 10.2 Å². The number of nitrogens with one attached hydrogen (secondary N) is 1. The SMILES string of the molecule is CCNC(=NCCCS(=O)(=O)c1ccccc1)N1CCC(c2ccccc2)C1.I. The molecule has 0 spiro atoms. The molecule has 5 nitrogen and oxygen atoms in total. The van der Waals surface area contributed by atoms with Crippen LogP contribution in [0.1, 0.15) is 31.2 Å². The Morgan fingerprint density at radius 1 is 1.10 bits per heavy atom. The van der Waals surface area contributed by atoms with E-state index < -0.39 is 9.84 Å². The van der Waals surface area contributed by atoms with Crippen LogP contribution < -0.4 is 5.32 Å². The molecule has 1 unspecified atom stereocenters. The molecule has 2 aromatic carbocycles. The van der Waals surface area contributed by atoms with Gasteiger partial charge in [-0.05, 0) is 37.5 Å². The van der Waals surface area contributed by atoms with Gasteiger partial charge < -0.3 is 10.2 Å². The molecule has 0 bridgehead atoms. The van der Waals surface area contributed by atoms with Crippen LogP contribution in [0.25, 0.3) is 0 Å². The standard InChI is InChI=1S/C22H29N3O2S.HI/c1-2-23-22(25-16-14-20(18-25)19-10-5-3-6-11-19)24-15-9-17-28(26,27)21-12-7-4-8-13-21;/h3-8,10-13,20H,2,9,14-18H2,1H3,(H,23,24);1H. The Bertz CT molecular complexity index is 873. The van der Waals surface area contributed by atoms with E-state index in [0.717, 1.165) is 32.0 Å². The molecule has 1 aliphatic rings. The number of aliphatic imine (C=N–C) groups is 1. The Labute approximate surface area is 191 Å². The molecule has 0 aromatic heterocycles. The average molecular weight is 527 g/mol. The van der Waals surface area contributed by atoms with Crippen molar-refractivity contribution in [2.75, 3.05) is 31.9 Å².